The summed E-state index contributed by atoms with van der Waals surface area (Å²) in [6, 6.07) is 0.382. The van der Waals surface area contributed by atoms with E-state index in [1.54, 1.807) is 0 Å². The first kappa shape index (κ1) is 16.4. The Kier molecular flexibility index (Phi) is 4.69. The van der Waals surface area contributed by atoms with Gasteiger partial charge in [0.15, 0.2) is 0 Å². The van der Waals surface area contributed by atoms with Gasteiger partial charge in [0.1, 0.15) is 0 Å². The van der Waals surface area contributed by atoms with Gasteiger partial charge in [-0.05, 0) is 45.4 Å². The SMILES string of the molecule is CC1(C)CCN(C(C)(C)C)C=C1C(=O)NC1CCCCC1. The van der Waals surface area contributed by atoms with Crippen LogP contribution in [-0.4, -0.2) is 28.9 Å². The van der Waals surface area contributed by atoms with Crippen molar-refractivity contribution in [1.82, 2.24) is 10.2 Å². The molecule has 0 bridgehead atoms. The lowest BCUT2D eigenvalue weighted by Gasteiger charge is -2.43. The highest BCUT2D eigenvalue weighted by Crippen LogP contribution is 2.37. The molecule has 1 amide bonds. The first-order chi connectivity index (χ1) is 9.70. The van der Waals surface area contributed by atoms with E-state index in [9.17, 15) is 4.79 Å². The van der Waals surface area contributed by atoms with Crippen LogP contribution in [0.15, 0.2) is 11.8 Å². The van der Waals surface area contributed by atoms with Gasteiger partial charge in [0, 0.05) is 29.9 Å². The lowest BCUT2D eigenvalue weighted by Crippen LogP contribution is -2.47. The Bertz CT molecular complexity index is 411. The minimum Gasteiger partial charge on any atom is -0.372 e. The number of carbonyl (C=O) groups is 1. The van der Waals surface area contributed by atoms with Crippen LogP contribution in [-0.2, 0) is 4.79 Å². The van der Waals surface area contributed by atoms with Crippen molar-refractivity contribution < 1.29 is 4.79 Å². The normalized spacial score (nSPS) is 23.7. The van der Waals surface area contributed by atoms with E-state index in [0.29, 0.717) is 6.04 Å². The smallest absolute Gasteiger partial charge is 0.249 e. The fourth-order valence-corrected chi connectivity index (χ4v) is 3.33. The zero-order valence-electron chi connectivity index (χ0n) is 14.5. The quantitative estimate of drug-likeness (QED) is 0.838. The van der Waals surface area contributed by atoms with Crippen molar-refractivity contribution in [3.05, 3.63) is 11.8 Å². The average Bonchev–Trinajstić information content (AvgIpc) is 2.37. The molecule has 0 unspecified atom stereocenters. The number of hydrogen-bond acceptors (Lipinski definition) is 2. The van der Waals surface area contributed by atoms with Gasteiger partial charge in [-0.1, -0.05) is 33.1 Å². The molecule has 0 spiro atoms. The fourth-order valence-electron chi connectivity index (χ4n) is 3.33. The summed E-state index contributed by atoms with van der Waals surface area (Å²) < 4.78 is 0. The Balaban J connectivity index is 2.12. The van der Waals surface area contributed by atoms with Gasteiger partial charge < -0.3 is 10.2 Å². The van der Waals surface area contributed by atoms with E-state index in [1.165, 1.54) is 19.3 Å². The second-order valence-corrected chi connectivity index (χ2v) is 8.35. The minimum absolute atomic E-state index is 0.0273. The molecule has 3 nitrogen and oxygen atoms in total. The molecule has 1 fully saturated rings. The maximum atomic E-state index is 12.7. The lowest BCUT2D eigenvalue weighted by atomic mass is 9.77. The van der Waals surface area contributed by atoms with Crippen molar-refractivity contribution in [3.63, 3.8) is 0 Å². The maximum Gasteiger partial charge on any atom is 0.249 e. The van der Waals surface area contributed by atoms with Crippen LogP contribution in [0.1, 0.15) is 73.1 Å². The fraction of sp³-hybridized carbons (Fsp3) is 0.833. The van der Waals surface area contributed by atoms with E-state index in [0.717, 1.165) is 31.4 Å². The third-order valence-corrected chi connectivity index (χ3v) is 5.04. The summed E-state index contributed by atoms with van der Waals surface area (Å²) in [5.41, 5.74) is 1.00. The van der Waals surface area contributed by atoms with Crippen LogP contribution < -0.4 is 5.32 Å². The molecular weight excluding hydrogens is 260 g/mol. The largest absolute Gasteiger partial charge is 0.372 e. The molecule has 1 saturated carbocycles. The zero-order chi connectivity index (χ0) is 15.7. The van der Waals surface area contributed by atoms with Crippen molar-refractivity contribution in [1.29, 1.82) is 0 Å². The Morgan fingerprint density at radius 2 is 1.86 bits per heavy atom. The van der Waals surface area contributed by atoms with Crippen LogP contribution in [0.25, 0.3) is 0 Å². The Morgan fingerprint density at radius 1 is 1.24 bits per heavy atom. The molecular formula is C18H32N2O. The van der Waals surface area contributed by atoms with Gasteiger partial charge in [0.25, 0.3) is 0 Å². The molecule has 0 saturated heterocycles. The van der Waals surface area contributed by atoms with Gasteiger partial charge in [0.2, 0.25) is 5.91 Å². The average molecular weight is 292 g/mol. The predicted molar refractivity (Wildman–Crippen MR) is 88.0 cm³/mol. The third-order valence-electron chi connectivity index (χ3n) is 5.04. The number of carbonyl (C=O) groups excluding carboxylic acids is 1. The van der Waals surface area contributed by atoms with Crippen LogP contribution in [0.3, 0.4) is 0 Å². The van der Waals surface area contributed by atoms with Crippen LogP contribution in [0.4, 0.5) is 0 Å². The summed E-state index contributed by atoms with van der Waals surface area (Å²) in [5, 5.41) is 3.28. The van der Waals surface area contributed by atoms with Gasteiger partial charge in [-0.3, -0.25) is 4.79 Å². The van der Waals surface area contributed by atoms with E-state index >= 15 is 0 Å². The summed E-state index contributed by atoms with van der Waals surface area (Å²) in [4.78, 5) is 15.1. The Labute approximate surface area is 130 Å². The molecule has 0 radical (unpaired) electrons. The molecule has 1 aliphatic carbocycles. The zero-order valence-corrected chi connectivity index (χ0v) is 14.5. The van der Waals surface area contributed by atoms with Gasteiger partial charge in [-0.15, -0.1) is 0 Å². The molecule has 0 aromatic carbocycles. The minimum atomic E-state index is -0.0273. The van der Waals surface area contributed by atoms with Crippen LogP contribution in [0, 0.1) is 5.41 Å². The monoisotopic (exact) mass is 292 g/mol. The number of nitrogens with zero attached hydrogens (tertiary/aromatic N) is 1. The molecule has 0 aromatic rings. The second-order valence-electron chi connectivity index (χ2n) is 8.35. The van der Waals surface area contributed by atoms with Crippen molar-refractivity contribution in [2.24, 2.45) is 5.41 Å². The predicted octanol–water partition coefficient (Wildman–Crippen LogP) is 3.85. The van der Waals surface area contributed by atoms with Gasteiger partial charge in [-0.25, -0.2) is 0 Å². The molecule has 0 aromatic heterocycles. The van der Waals surface area contributed by atoms with Crippen molar-refractivity contribution in [2.75, 3.05) is 6.54 Å². The highest BCUT2D eigenvalue weighted by atomic mass is 16.1. The van der Waals surface area contributed by atoms with E-state index in [4.69, 9.17) is 0 Å². The first-order valence-electron chi connectivity index (χ1n) is 8.50. The maximum absolute atomic E-state index is 12.7. The molecule has 0 atom stereocenters. The van der Waals surface area contributed by atoms with E-state index in [2.05, 4.69) is 51.0 Å². The molecule has 2 aliphatic rings. The summed E-state index contributed by atoms with van der Waals surface area (Å²) in [6.07, 6.45) is 9.25. The molecule has 1 N–H and O–H groups in total. The summed E-state index contributed by atoms with van der Waals surface area (Å²) >= 11 is 0. The second kappa shape index (κ2) is 6.02. The molecule has 3 heteroatoms. The first-order valence-corrected chi connectivity index (χ1v) is 8.50. The lowest BCUT2D eigenvalue weighted by molar-refractivity contribution is -0.119. The summed E-state index contributed by atoms with van der Waals surface area (Å²) in [5.74, 6) is 0.154. The molecule has 21 heavy (non-hydrogen) atoms. The third kappa shape index (κ3) is 4.02. The number of hydrogen-bond donors (Lipinski definition) is 1. The van der Waals surface area contributed by atoms with Gasteiger partial charge >= 0.3 is 0 Å². The van der Waals surface area contributed by atoms with Crippen LogP contribution in [0.2, 0.25) is 0 Å². The molecule has 1 heterocycles. The molecule has 1 aliphatic heterocycles. The Morgan fingerprint density at radius 3 is 2.43 bits per heavy atom. The topological polar surface area (TPSA) is 32.3 Å². The number of amides is 1. The highest BCUT2D eigenvalue weighted by Gasteiger charge is 2.36. The van der Waals surface area contributed by atoms with Crippen LogP contribution in [0.5, 0.6) is 0 Å². The molecule has 2 rings (SSSR count). The van der Waals surface area contributed by atoms with E-state index in [-0.39, 0.29) is 16.9 Å². The van der Waals surface area contributed by atoms with Crippen LogP contribution >= 0.6 is 0 Å². The highest BCUT2D eigenvalue weighted by molar-refractivity contribution is 5.95. The number of nitrogens with one attached hydrogen (secondary N) is 1. The van der Waals surface area contributed by atoms with Gasteiger partial charge in [-0.2, -0.15) is 0 Å². The van der Waals surface area contributed by atoms with Crippen molar-refractivity contribution >= 4 is 5.91 Å². The van der Waals surface area contributed by atoms with E-state index < -0.39 is 0 Å². The summed E-state index contributed by atoms with van der Waals surface area (Å²) in [7, 11) is 0. The standard InChI is InChI=1S/C18H32N2O/c1-17(2,3)20-12-11-18(4,5)15(13-20)16(21)19-14-9-7-6-8-10-14/h13-14H,6-12H2,1-5H3,(H,19,21). The van der Waals surface area contributed by atoms with Gasteiger partial charge in [0.05, 0.1) is 0 Å². The summed E-state index contributed by atoms with van der Waals surface area (Å²) in [6.45, 7) is 12.0. The van der Waals surface area contributed by atoms with Crippen molar-refractivity contribution in [2.45, 2.75) is 84.7 Å². The Hall–Kier alpha value is -0.990. The molecule has 120 valence electrons. The van der Waals surface area contributed by atoms with E-state index in [1.807, 2.05) is 0 Å². The van der Waals surface area contributed by atoms with Crippen molar-refractivity contribution in [3.8, 4) is 0 Å². The number of rotatable bonds is 2.